The molecule has 0 spiro atoms. The molecule has 0 saturated heterocycles. The van der Waals surface area contributed by atoms with Crippen molar-refractivity contribution in [3.63, 3.8) is 0 Å². The summed E-state index contributed by atoms with van der Waals surface area (Å²) >= 11 is 0. The number of rotatable bonds is 13. The van der Waals surface area contributed by atoms with Crippen LogP contribution in [0, 0.1) is 18.7 Å². The highest BCUT2D eigenvalue weighted by molar-refractivity contribution is 7.92. The molecule has 1 unspecified atom stereocenters. The Bertz CT molecular complexity index is 1120. The quantitative estimate of drug-likeness (QED) is 0.428. The van der Waals surface area contributed by atoms with Crippen LogP contribution in [0.3, 0.4) is 0 Å². The van der Waals surface area contributed by atoms with Gasteiger partial charge < -0.3 is 10.2 Å². The van der Waals surface area contributed by atoms with Gasteiger partial charge in [-0.3, -0.25) is 13.9 Å². The highest BCUT2D eigenvalue weighted by Crippen LogP contribution is 2.20. The Kier molecular flexibility index (Phi) is 10.9. The van der Waals surface area contributed by atoms with Crippen molar-refractivity contribution in [3.8, 4) is 0 Å². The van der Waals surface area contributed by atoms with Gasteiger partial charge in [0, 0.05) is 26.1 Å². The van der Waals surface area contributed by atoms with Crippen molar-refractivity contribution in [2.45, 2.75) is 59.5 Å². The smallest absolute Gasteiger partial charge is 0.242 e. The van der Waals surface area contributed by atoms with E-state index in [9.17, 15) is 22.4 Å². The summed E-state index contributed by atoms with van der Waals surface area (Å²) in [7, 11) is -3.63. The first-order valence-electron chi connectivity index (χ1n) is 12.3. The predicted octanol–water partition coefficient (Wildman–Crippen LogP) is 4.26. The number of amides is 2. The number of nitrogens with one attached hydrogen (secondary N) is 1. The molecule has 0 aliphatic carbocycles. The number of carbonyl (C=O) groups excluding carboxylic acids is 2. The van der Waals surface area contributed by atoms with Crippen LogP contribution in [0.5, 0.6) is 0 Å². The molecule has 0 aromatic heterocycles. The Hall–Kier alpha value is -2.94. The van der Waals surface area contributed by atoms with E-state index < -0.39 is 21.9 Å². The van der Waals surface area contributed by atoms with Gasteiger partial charge in [-0.2, -0.15) is 0 Å². The third-order valence-corrected chi connectivity index (χ3v) is 7.13. The Labute approximate surface area is 214 Å². The van der Waals surface area contributed by atoms with Crippen molar-refractivity contribution < 1.29 is 22.4 Å². The van der Waals surface area contributed by atoms with Crippen LogP contribution in [-0.2, 0) is 26.2 Å². The molecule has 2 rings (SSSR count). The van der Waals surface area contributed by atoms with Gasteiger partial charge in [-0.25, -0.2) is 12.8 Å². The third-order valence-electron chi connectivity index (χ3n) is 5.94. The van der Waals surface area contributed by atoms with Crippen LogP contribution in [0.1, 0.15) is 51.2 Å². The summed E-state index contributed by atoms with van der Waals surface area (Å²) in [5.41, 5.74) is 2.31. The summed E-state index contributed by atoms with van der Waals surface area (Å²) in [5.74, 6) is -0.606. The molecule has 1 atom stereocenters. The van der Waals surface area contributed by atoms with Gasteiger partial charge in [0.15, 0.2) is 0 Å². The largest absolute Gasteiger partial charge is 0.354 e. The third kappa shape index (κ3) is 8.62. The molecule has 2 amide bonds. The van der Waals surface area contributed by atoms with Crippen LogP contribution in [0.4, 0.5) is 10.1 Å². The van der Waals surface area contributed by atoms with Crippen molar-refractivity contribution in [2.24, 2.45) is 5.92 Å². The minimum atomic E-state index is -3.63. The second kappa shape index (κ2) is 13.4. The van der Waals surface area contributed by atoms with Gasteiger partial charge in [-0.15, -0.1) is 0 Å². The highest BCUT2D eigenvalue weighted by atomic mass is 32.2. The maximum Gasteiger partial charge on any atom is 0.242 e. The lowest BCUT2D eigenvalue weighted by molar-refractivity contribution is -0.141. The van der Waals surface area contributed by atoms with E-state index in [1.165, 1.54) is 24.3 Å². The van der Waals surface area contributed by atoms with E-state index in [1.807, 2.05) is 52.0 Å². The van der Waals surface area contributed by atoms with Crippen LogP contribution >= 0.6 is 0 Å². The average molecular weight is 520 g/mol. The SMILES string of the molecule is CCC(C(=O)NCC(C)C)N(Cc1ccccc1C)C(=O)CCCN(c1ccc(F)cc1)S(C)(=O)=O. The number of benzene rings is 2. The maximum atomic E-state index is 13.4. The standard InChI is InChI=1S/C27H38FN3O4S/c1-6-25(27(33)29-18-20(2)3)30(19-22-11-8-7-10-21(22)4)26(32)12-9-17-31(36(5,34)35)24-15-13-23(28)14-16-24/h7-8,10-11,13-16,20,25H,6,9,12,17-19H2,1-5H3,(H,29,33). The van der Waals surface area contributed by atoms with Crippen molar-refractivity contribution in [3.05, 3.63) is 65.5 Å². The molecule has 0 radical (unpaired) electrons. The fourth-order valence-corrected chi connectivity index (χ4v) is 4.89. The zero-order valence-electron chi connectivity index (χ0n) is 21.8. The van der Waals surface area contributed by atoms with Crippen molar-refractivity contribution in [2.75, 3.05) is 23.7 Å². The second-order valence-electron chi connectivity index (χ2n) is 9.43. The number of halogens is 1. The summed E-state index contributed by atoms with van der Waals surface area (Å²) in [6.45, 7) is 8.71. The van der Waals surface area contributed by atoms with Gasteiger partial charge in [0.05, 0.1) is 11.9 Å². The summed E-state index contributed by atoms with van der Waals surface area (Å²) in [6.07, 6.45) is 1.84. The van der Waals surface area contributed by atoms with Gasteiger partial charge in [-0.05, 0) is 61.1 Å². The lowest BCUT2D eigenvalue weighted by Gasteiger charge is -2.31. The molecular formula is C27H38FN3O4S. The molecule has 1 N–H and O–H groups in total. The molecule has 0 saturated carbocycles. The number of carbonyl (C=O) groups is 2. The lowest BCUT2D eigenvalue weighted by atomic mass is 10.0. The fraction of sp³-hybridized carbons (Fsp3) is 0.481. The number of hydrogen-bond donors (Lipinski definition) is 1. The van der Waals surface area contributed by atoms with Gasteiger partial charge in [-0.1, -0.05) is 45.0 Å². The predicted molar refractivity (Wildman–Crippen MR) is 141 cm³/mol. The molecule has 0 heterocycles. The molecule has 0 aliphatic heterocycles. The summed E-state index contributed by atoms with van der Waals surface area (Å²) in [4.78, 5) is 28.0. The first-order valence-corrected chi connectivity index (χ1v) is 14.1. The number of aryl methyl sites for hydroxylation is 1. The van der Waals surface area contributed by atoms with Crippen LogP contribution in [0.2, 0.25) is 0 Å². The number of sulfonamides is 1. The first-order chi connectivity index (χ1) is 16.9. The van der Waals surface area contributed by atoms with E-state index >= 15 is 0 Å². The normalized spacial score (nSPS) is 12.3. The Morgan fingerprint density at radius 3 is 2.25 bits per heavy atom. The summed E-state index contributed by atoms with van der Waals surface area (Å²) < 4.78 is 39.2. The number of anilines is 1. The van der Waals surface area contributed by atoms with E-state index in [1.54, 1.807) is 4.90 Å². The molecule has 0 aliphatic rings. The molecule has 0 fully saturated rings. The van der Waals surface area contributed by atoms with E-state index in [0.717, 1.165) is 21.7 Å². The molecule has 2 aromatic rings. The maximum absolute atomic E-state index is 13.4. The minimum absolute atomic E-state index is 0.0603. The van der Waals surface area contributed by atoms with Crippen molar-refractivity contribution in [1.29, 1.82) is 0 Å². The molecule has 0 bridgehead atoms. The Morgan fingerprint density at radius 2 is 1.69 bits per heavy atom. The Morgan fingerprint density at radius 1 is 1.06 bits per heavy atom. The van der Waals surface area contributed by atoms with Crippen LogP contribution < -0.4 is 9.62 Å². The van der Waals surface area contributed by atoms with E-state index in [-0.39, 0.29) is 43.7 Å². The number of nitrogens with zero attached hydrogens (tertiary/aromatic N) is 2. The zero-order valence-corrected chi connectivity index (χ0v) is 22.6. The summed E-state index contributed by atoms with van der Waals surface area (Å²) in [5, 5.41) is 2.94. The molecule has 7 nitrogen and oxygen atoms in total. The van der Waals surface area contributed by atoms with E-state index in [2.05, 4.69) is 5.32 Å². The zero-order chi connectivity index (χ0) is 26.9. The molecule has 9 heteroatoms. The van der Waals surface area contributed by atoms with Crippen molar-refractivity contribution in [1.82, 2.24) is 10.2 Å². The number of hydrogen-bond acceptors (Lipinski definition) is 4. The van der Waals surface area contributed by atoms with Gasteiger partial charge in [0.2, 0.25) is 21.8 Å². The van der Waals surface area contributed by atoms with Crippen LogP contribution in [-0.4, -0.2) is 50.5 Å². The van der Waals surface area contributed by atoms with E-state index in [4.69, 9.17) is 0 Å². The monoisotopic (exact) mass is 519 g/mol. The minimum Gasteiger partial charge on any atom is -0.354 e. The van der Waals surface area contributed by atoms with Crippen molar-refractivity contribution >= 4 is 27.5 Å². The van der Waals surface area contributed by atoms with Crippen LogP contribution in [0.25, 0.3) is 0 Å². The first kappa shape index (κ1) is 29.3. The topological polar surface area (TPSA) is 86.8 Å². The molecule has 2 aromatic carbocycles. The molecule has 198 valence electrons. The lowest BCUT2D eigenvalue weighted by Crippen LogP contribution is -2.49. The fourth-order valence-electron chi connectivity index (χ4n) is 3.92. The van der Waals surface area contributed by atoms with Gasteiger partial charge in [0.25, 0.3) is 0 Å². The molecule has 36 heavy (non-hydrogen) atoms. The Balaban J connectivity index is 2.21. The molecular weight excluding hydrogens is 481 g/mol. The van der Waals surface area contributed by atoms with Gasteiger partial charge >= 0.3 is 0 Å². The van der Waals surface area contributed by atoms with Gasteiger partial charge in [0.1, 0.15) is 11.9 Å². The average Bonchev–Trinajstić information content (AvgIpc) is 2.81. The second-order valence-corrected chi connectivity index (χ2v) is 11.3. The van der Waals surface area contributed by atoms with E-state index in [0.29, 0.717) is 18.7 Å². The summed E-state index contributed by atoms with van der Waals surface area (Å²) in [6, 6.07) is 12.3. The van der Waals surface area contributed by atoms with Crippen LogP contribution in [0.15, 0.2) is 48.5 Å². The highest BCUT2D eigenvalue weighted by Gasteiger charge is 2.29.